The second-order valence-electron chi connectivity index (χ2n) is 6.50. The Morgan fingerprint density at radius 1 is 1.07 bits per heavy atom. The fraction of sp³-hybridized carbons (Fsp3) is 0.250. The summed E-state index contributed by atoms with van der Waals surface area (Å²) in [5, 5.41) is 24.4. The van der Waals surface area contributed by atoms with Crippen LogP contribution < -0.4 is 5.32 Å². The number of aromatic amines is 1. The summed E-state index contributed by atoms with van der Waals surface area (Å²) >= 11 is 1.45. The van der Waals surface area contributed by atoms with Gasteiger partial charge in [0.1, 0.15) is 11.1 Å². The van der Waals surface area contributed by atoms with Crippen LogP contribution in [0.1, 0.15) is 24.8 Å². The molecule has 0 atom stereocenters. The Kier molecular flexibility index (Phi) is 6.14. The summed E-state index contributed by atoms with van der Waals surface area (Å²) in [4.78, 5) is 9.25. The van der Waals surface area contributed by atoms with Crippen LogP contribution in [0.2, 0.25) is 0 Å². The molecule has 146 valence electrons. The monoisotopic (exact) mass is 404 g/mol. The van der Waals surface area contributed by atoms with Crippen molar-refractivity contribution in [2.45, 2.75) is 29.2 Å². The third-order valence-corrected chi connectivity index (χ3v) is 5.44. The van der Waals surface area contributed by atoms with Gasteiger partial charge in [-0.25, -0.2) is 9.50 Å². The van der Waals surface area contributed by atoms with Crippen LogP contribution in [-0.2, 0) is 0 Å². The largest absolute Gasteiger partial charge is 0.317 e. The molecule has 0 aromatic carbocycles. The van der Waals surface area contributed by atoms with Crippen molar-refractivity contribution in [2.24, 2.45) is 0 Å². The van der Waals surface area contributed by atoms with Crippen LogP contribution in [0.25, 0.3) is 16.6 Å². The zero-order chi connectivity index (χ0) is 19.9. The quantitative estimate of drug-likeness (QED) is 0.539. The minimum Gasteiger partial charge on any atom is -0.317 e. The van der Waals surface area contributed by atoms with Crippen molar-refractivity contribution in [3.8, 4) is 17.2 Å². The van der Waals surface area contributed by atoms with Crippen LogP contribution in [0.3, 0.4) is 0 Å². The molecular formula is C20H20N8S. The van der Waals surface area contributed by atoms with Gasteiger partial charge < -0.3 is 5.32 Å². The van der Waals surface area contributed by atoms with Crippen LogP contribution >= 0.6 is 11.8 Å². The molecule has 1 aliphatic heterocycles. The van der Waals surface area contributed by atoms with E-state index in [0.29, 0.717) is 5.56 Å². The first-order chi connectivity index (χ1) is 14.3. The number of rotatable bonds is 3. The maximum Gasteiger partial charge on any atom is 0.119 e. The number of hydrogen-bond donors (Lipinski definition) is 2. The summed E-state index contributed by atoms with van der Waals surface area (Å²) in [7, 11) is 0. The number of hydrogen-bond acceptors (Lipinski definition) is 7. The second-order valence-corrected chi connectivity index (χ2v) is 7.56. The minimum absolute atomic E-state index is 0.523. The summed E-state index contributed by atoms with van der Waals surface area (Å²) in [6.07, 6.45) is 16.2. The van der Waals surface area contributed by atoms with Crippen molar-refractivity contribution in [1.82, 2.24) is 35.1 Å². The molecule has 0 amide bonds. The first-order valence-electron chi connectivity index (χ1n) is 9.40. The lowest BCUT2D eigenvalue weighted by Gasteiger charge is -2.08. The Hall–Kier alpha value is -3.22. The van der Waals surface area contributed by atoms with Crippen molar-refractivity contribution in [3.05, 3.63) is 55.0 Å². The third-order valence-electron chi connectivity index (χ3n) is 4.49. The summed E-state index contributed by atoms with van der Waals surface area (Å²) in [6.45, 7) is 2.50. The number of piperidine rings is 1. The predicted octanol–water partition coefficient (Wildman–Crippen LogP) is 3.30. The van der Waals surface area contributed by atoms with E-state index in [2.05, 4.69) is 36.7 Å². The molecule has 0 spiro atoms. The van der Waals surface area contributed by atoms with Crippen LogP contribution in [0.15, 0.2) is 59.4 Å². The zero-order valence-corrected chi connectivity index (χ0v) is 16.6. The van der Waals surface area contributed by atoms with Gasteiger partial charge in [-0.05, 0) is 32.0 Å². The molecule has 0 aliphatic carbocycles. The van der Waals surface area contributed by atoms with E-state index in [1.165, 1.54) is 44.1 Å². The van der Waals surface area contributed by atoms with Gasteiger partial charge in [0.05, 0.1) is 29.7 Å². The number of nitrogens with zero attached hydrogens (tertiary/aromatic N) is 6. The molecule has 8 nitrogen and oxygen atoms in total. The lowest BCUT2D eigenvalue weighted by atomic mass is 10.1. The van der Waals surface area contributed by atoms with E-state index in [1.54, 1.807) is 35.5 Å². The van der Waals surface area contributed by atoms with E-state index < -0.39 is 0 Å². The van der Waals surface area contributed by atoms with Gasteiger partial charge in [-0.3, -0.25) is 10.1 Å². The number of nitrogens with one attached hydrogen (secondary N) is 2. The van der Waals surface area contributed by atoms with Crippen molar-refractivity contribution >= 4 is 17.3 Å². The molecule has 5 rings (SSSR count). The minimum atomic E-state index is 0.523. The van der Waals surface area contributed by atoms with E-state index in [4.69, 9.17) is 0 Å². The van der Waals surface area contributed by atoms with Gasteiger partial charge in [-0.1, -0.05) is 18.2 Å². The lowest BCUT2D eigenvalue weighted by Crippen LogP contribution is -2.21. The molecule has 0 unspecified atom stereocenters. The normalized spacial score (nSPS) is 13.5. The van der Waals surface area contributed by atoms with E-state index in [-0.39, 0.29) is 0 Å². The summed E-state index contributed by atoms with van der Waals surface area (Å²) in [6, 6.07) is 4.18. The van der Waals surface area contributed by atoms with Crippen molar-refractivity contribution < 1.29 is 0 Å². The summed E-state index contributed by atoms with van der Waals surface area (Å²) in [5.74, 6) is 0. The molecule has 9 heteroatoms. The van der Waals surface area contributed by atoms with Gasteiger partial charge in [0, 0.05) is 40.8 Å². The van der Waals surface area contributed by atoms with Crippen LogP contribution in [0.5, 0.6) is 0 Å². The molecule has 0 saturated carbocycles. The zero-order valence-electron chi connectivity index (χ0n) is 15.7. The fourth-order valence-corrected chi connectivity index (χ4v) is 4.00. The molecule has 1 aliphatic rings. The number of fused-ring (bicyclic) bond motifs is 1. The number of pyridine rings is 1. The Labute approximate surface area is 172 Å². The first kappa shape index (κ1) is 19.1. The highest BCUT2D eigenvalue weighted by Crippen LogP contribution is 2.34. The molecule has 0 radical (unpaired) electrons. The molecular weight excluding hydrogens is 384 g/mol. The lowest BCUT2D eigenvalue weighted by molar-refractivity contribution is 0.520. The molecule has 2 N–H and O–H groups in total. The standard InChI is InChI=1S/C15H9N7S.C5H11N/c16-4-11-7-21-22-9-10(12-5-19-20-6-12)3-13(15(11)22)23-14-8-17-1-2-18-14;1-2-4-6-5-3-1/h1-3,5-9H,(H,19,20);6H,1-5H2. The average molecular weight is 405 g/mol. The third kappa shape index (κ3) is 4.62. The van der Waals surface area contributed by atoms with Crippen LogP contribution in [-0.4, -0.2) is 42.9 Å². The predicted molar refractivity (Wildman–Crippen MR) is 110 cm³/mol. The highest BCUT2D eigenvalue weighted by Gasteiger charge is 2.14. The van der Waals surface area contributed by atoms with Gasteiger partial charge in [-0.15, -0.1) is 0 Å². The fourth-order valence-electron chi connectivity index (χ4n) is 3.06. The van der Waals surface area contributed by atoms with Crippen molar-refractivity contribution in [2.75, 3.05) is 13.1 Å². The molecule has 4 aromatic rings. The van der Waals surface area contributed by atoms with E-state index in [9.17, 15) is 5.26 Å². The molecule has 29 heavy (non-hydrogen) atoms. The van der Waals surface area contributed by atoms with Gasteiger partial charge in [0.15, 0.2) is 0 Å². The maximum absolute atomic E-state index is 9.31. The second kappa shape index (κ2) is 9.32. The number of H-pyrrole nitrogens is 1. The summed E-state index contributed by atoms with van der Waals surface area (Å²) < 4.78 is 1.71. The van der Waals surface area contributed by atoms with Crippen LogP contribution in [0, 0.1) is 11.3 Å². The van der Waals surface area contributed by atoms with Crippen LogP contribution in [0.4, 0.5) is 0 Å². The highest BCUT2D eigenvalue weighted by molar-refractivity contribution is 7.99. The Bertz CT molecular complexity index is 1080. The highest BCUT2D eigenvalue weighted by atomic mass is 32.2. The molecule has 1 saturated heterocycles. The maximum atomic E-state index is 9.31. The molecule has 1 fully saturated rings. The average Bonchev–Trinajstić information content (AvgIpc) is 3.46. The molecule has 5 heterocycles. The first-order valence-corrected chi connectivity index (χ1v) is 10.2. The van der Waals surface area contributed by atoms with Crippen molar-refractivity contribution in [1.29, 1.82) is 5.26 Å². The smallest absolute Gasteiger partial charge is 0.119 e. The number of aromatic nitrogens is 6. The summed E-state index contributed by atoms with van der Waals surface area (Å²) in [5.41, 5.74) is 3.18. The van der Waals surface area contributed by atoms with E-state index in [1.807, 2.05) is 18.5 Å². The Morgan fingerprint density at radius 2 is 1.97 bits per heavy atom. The Morgan fingerprint density at radius 3 is 2.59 bits per heavy atom. The van der Waals surface area contributed by atoms with Crippen molar-refractivity contribution in [3.63, 3.8) is 0 Å². The Balaban J connectivity index is 0.000000294. The van der Waals surface area contributed by atoms with Gasteiger partial charge in [-0.2, -0.15) is 15.5 Å². The SMILES string of the molecule is C1CCNCC1.N#Cc1cnn2cc(-c3cn[nH]c3)cc(Sc3cnccn3)c12. The van der Waals surface area contributed by atoms with Gasteiger partial charge in [0.25, 0.3) is 0 Å². The molecule has 4 aromatic heterocycles. The number of nitriles is 1. The van der Waals surface area contributed by atoms with E-state index >= 15 is 0 Å². The van der Waals surface area contributed by atoms with Gasteiger partial charge >= 0.3 is 0 Å². The van der Waals surface area contributed by atoms with E-state index in [0.717, 1.165) is 26.6 Å². The molecule has 0 bridgehead atoms. The topological polar surface area (TPSA) is 108 Å². The van der Waals surface area contributed by atoms with Gasteiger partial charge in [0.2, 0.25) is 0 Å².